The highest BCUT2D eigenvalue weighted by atomic mass is 16.8. The lowest BCUT2D eigenvalue weighted by Crippen LogP contribution is -2.63. The van der Waals surface area contributed by atoms with Crippen molar-refractivity contribution in [3.8, 4) is 0 Å². The van der Waals surface area contributed by atoms with Gasteiger partial charge in [-0.2, -0.15) is 0 Å². The molecule has 2 aliphatic carbocycles. The third-order valence-corrected chi connectivity index (χ3v) is 5.62. The van der Waals surface area contributed by atoms with E-state index in [9.17, 15) is 15.3 Å². The maximum atomic E-state index is 10.4. The van der Waals surface area contributed by atoms with Crippen LogP contribution >= 0.6 is 0 Å². The summed E-state index contributed by atoms with van der Waals surface area (Å²) in [6.45, 7) is 0.297. The standard InChI is InChI=1S/C19H26O6/c20-13-14(21)16(23-11-12-7-3-1-4-8-12)18-17(15(13)22)24-19(25-18)9-5-2-6-10-19/h1,3-4,7-8,13-18,20-22H,2,5-6,9-11H2/t13-,14-,15+,16+,17+,18-/m0/s1. The molecular weight excluding hydrogens is 324 g/mol. The lowest BCUT2D eigenvalue weighted by molar-refractivity contribution is -0.212. The van der Waals surface area contributed by atoms with Crippen molar-refractivity contribution in [2.45, 2.75) is 81.1 Å². The van der Waals surface area contributed by atoms with Crippen molar-refractivity contribution in [1.82, 2.24) is 0 Å². The molecule has 138 valence electrons. The zero-order chi connectivity index (χ0) is 17.4. The van der Waals surface area contributed by atoms with Gasteiger partial charge in [-0.25, -0.2) is 0 Å². The Morgan fingerprint density at radius 3 is 2.28 bits per heavy atom. The number of hydrogen-bond donors (Lipinski definition) is 3. The number of hydrogen-bond acceptors (Lipinski definition) is 6. The van der Waals surface area contributed by atoms with Gasteiger partial charge >= 0.3 is 0 Å². The average Bonchev–Trinajstić information content (AvgIpc) is 3.00. The summed E-state index contributed by atoms with van der Waals surface area (Å²) < 4.78 is 18.2. The highest BCUT2D eigenvalue weighted by Gasteiger charge is 2.60. The molecule has 25 heavy (non-hydrogen) atoms. The van der Waals surface area contributed by atoms with E-state index in [1.54, 1.807) is 0 Å². The zero-order valence-corrected chi connectivity index (χ0v) is 14.2. The van der Waals surface area contributed by atoms with Crippen LogP contribution < -0.4 is 0 Å². The van der Waals surface area contributed by atoms with Gasteiger partial charge in [-0.15, -0.1) is 0 Å². The Morgan fingerprint density at radius 2 is 1.56 bits per heavy atom. The second-order valence-electron chi connectivity index (χ2n) is 7.37. The Kier molecular flexibility index (Phi) is 4.83. The van der Waals surface area contributed by atoms with E-state index in [-0.39, 0.29) is 0 Å². The molecular formula is C19H26O6. The number of benzene rings is 1. The van der Waals surface area contributed by atoms with Crippen LogP contribution in [0.5, 0.6) is 0 Å². The van der Waals surface area contributed by atoms with Crippen LogP contribution in [0.25, 0.3) is 0 Å². The topological polar surface area (TPSA) is 88.4 Å². The summed E-state index contributed by atoms with van der Waals surface area (Å²) in [5, 5.41) is 31.0. The van der Waals surface area contributed by atoms with E-state index >= 15 is 0 Å². The minimum atomic E-state index is -1.32. The second kappa shape index (κ2) is 6.95. The molecule has 3 N–H and O–H groups in total. The first-order valence-electron chi connectivity index (χ1n) is 9.15. The van der Waals surface area contributed by atoms with Gasteiger partial charge in [0.1, 0.15) is 36.6 Å². The largest absolute Gasteiger partial charge is 0.387 e. The summed E-state index contributed by atoms with van der Waals surface area (Å²) in [7, 11) is 0. The fraction of sp³-hybridized carbons (Fsp3) is 0.684. The van der Waals surface area contributed by atoms with E-state index in [0.29, 0.717) is 6.61 Å². The maximum Gasteiger partial charge on any atom is 0.169 e. The predicted octanol–water partition coefficient (Wildman–Crippen LogP) is 1.11. The van der Waals surface area contributed by atoms with Crippen molar-refractivity contribution < 1.29 is 29.5 Å². The molecule has 6 nitrogen and oxygen atoms in total. The maximum absolute atomic E-state index is 10.4. The third kappa shape index (κ3) is 3.23. The molecule has 1 aliphatic heterocycles. The molecule has 0 unspecified atom stereocenters. The average molecular weight is 350 g/mol. The van der Waals surface area contributed by atoms with Crippen LogP contribution in [0, 0.1) is 0 Å². The summed E-state index contributed by atoms with van der Waals surface area (Å²) in [5.41, 5.74) is 0.971. The molecule has 3 fully saturated rings. The molecule has 1 heterocycles. The molecule has 0 radical (unpaired) electrons. The van der Waals surface area contributed by atoms with Crippen LogP contribution in [0.1, 0.15) is 37.7 Å². The van der Waals surface area contributed by atoms with E-state index in [1.165, 1.54) is 0 Å². The van der Waals surface area contributed by atoms with Crippen LogP contribution in [0.3, 0.4) is 0 Å². The lowest BCUT2D eigenvalue weighted by atomic mass is 9.85. The Balaban J connectivity index is 1.52. The van der Waals surface area contributed by atoms with Gasteiger partial charge in [0.05, 0.1) is 6.61 Å². The number of fused-ring (bicyclic) bond motifs is 1. The van der Waals surface area contributed by atoms with E-state index in [2.05, 4.69) is 0 Å². The Morgan fingerprint density at radius 1 is 0.880 bits per heavy atom. The molecule has 0 bridgehead atoms. The Bertz CT molecular complexity index is 573. The van der Waals surface area contributed by atoms with Crippen LogP contribution in [0.15, 0.2) is 30.3 Å². The zero-order valence-electron chi connectivity index (χ0n) is 14.2. The quantitative estimate of drug-likeness (QED) is 0.757. The number of ether oxygens (including phenoxy) is 3. The highest BCUT2D eigenvalue weighted by molar-refractivity contribution is 5.14. The molecule has 6 heteroatoms. The van der Waals surface area contributed by atoms with E-state index in [1.807, 2.05) is 30.3 Å². The van der Waals surface area contributed by atoms with Crippen molar-refractivity contribution in [3.63, 3.8) is 0 Å². The van der Waals surface area contributed by atoms with Crippen molar-refractivity contribution in [3.05, 3.63) is 35.9 Å². The SMILES string of the molecule is O[C@@H]1[C@@H](O)[C@H]2OC3(CCCCC3)O[C@H]2[C@H](OCc2ccccc2)[C@H]1O. The summed E-state index contributed by atoms with van der Waals surface area (Å²) in [4.78, 5) is 0. The molecule has 6 atom stereocenters. The van der Waals surface area contributed by atoms with Crippen molar-refractivity contribution >= 4 is 0 Å². The number of rotatable bonds is 3. The molecule has 4 rings (SSSR count). The van der Waals surface area contributed by atoms with E-state index in [0.717, 1.165) is 37.7 Å². The van der Waals surface area contributed by atoms with Crippen LogP contribution in [-0.4, -0.2) is 57.7 Å². The molecule has 2 saturated carbocycles. The minimum Gasteiger partial charge on any atom is -0.387 e. The summed E-state index contributed by atoms with van der Waals surface area (Å²) in [6, 6.07) is 9.64. The fourth-order valence-corrected chi connectivity index (χ4v) is 4.25. The van der Waals surface area contributed by atoms with Crippen molar-refractivity contribution in [2.24, 2.45) is 0 Å². The van der Waals surface area contributed by atoms with Gasteiger partial charge in [0, 0.05) is 12.8 Å². The molecule has 0 amide bonds. The van der Waals surface area contributed by atoms with Gasteiger partial charge in [-0.3, -0.25) is 0 Å². The van der Waals surface area contributed by atoms with Gasteiger partial charge in [-0.05, 0) is 18.4 Å². The fourth-order valence-electron chi connectivity index (χ4n) is 4.25. The Hall–Kier alpha value is -1.02. The summed E-state index contributed by atoms with van der Waals surface area (Å²) >= 11 is 0. The molecule has 1 aromatic carbocycles. The van der Waals surface area contributed by atoms with Crippen LogP contribution in [-0.2, 0) is 20.8 Å². The van der Waals surface area contributed by atoms with Gasteiger partial charge < -0.3 is 29.5 Å². The first-order chi connectivity index (χ1) is 12.1. The molecule has 1 aromatic rings. The van der Waals surface area contributed by atoms with Gasteiger partial charge in [0.25, 0.3) is 0 Å². The van der Waals surface area contributed by atoms with Crippen LogP contribution in [0.4, 0.5) is 0 Å². The van der Waals surface area contributed by atoms with Crippen molar-refractivity contribution in [2.75, 3.05) is 0 Å². The molecule has 3 aliphatic rings. The predicted molar refractivity (Wildman–Crippen MR) is 88.6 cm³/mol. The van der Waals surface area contributed by atoms with Gasteiger partial charge in [-0.1, -0.05) is 36.8 Å². The second-order valence-corrected chi connectivity index (χ2v) is 7.37. The highest BCUT2D eigenvalue weighted by Crippen LogP contribution is 2.45. The molecule has 0 aromatic heterocycles. The normalized spacial score (nSPS) is 40.1. The lowest BCUT2D eigenvalue weighted by Gasteiger charge is -2.41. The molecule has 1 saturated heterocycles. The molecule has 1 spiro atoms. The number of aliphatic hydroxyl groups excluding tert-OH is 3. The summed E-state index contributed by atoms with van der Waals surface area (Å²) in [6.07, 6.45) is -1.03. The third-order valence-electron chi connectivity index (χ3n) is 5.62. The first kappa shape index (κ1) is 17.4. The minimum absolute atomic E-state index is 0.297. The smallest absolute Gasteiger partial charge is 0.169 e. The first-order valence-corrected chi connectivity index (χ1v) is 9.15. The Labute approximate surface area is 147 Å². The van der Waals surface area contributed by atoms with Crippen LogP contribution in [0.2, 0.25) is 0 Å². The van der Waals surface area contributed by atoms with Gasteiger partial charge in [0.2, 0.25) is 0 Å². The summed E-state index contributed by atoms with van der Waals surface area (Å²) in [5.74, 6) is -0.716. The van der Waals surface area contributed by atoms with E-state index in [4.69, 9.17) is 14.2 Å². The monoisotopic (exact) mass is 350 g/mol. The number of aliphatic hydroxyl groups is 3. The van der Waals surface area contributed by atoms with Crippen molar-refractivity contribution in [1.29, 1.82) is 0 Å². The van der Waals surface area contributed by atoms with Gasteiger partial charge in [0.15, 0.2) is 5.79 Å². The van der Waals surface area contributed by atoms with E-state index < -0.39 is 42.4 Å².